The summed E-state index contributed by atoms with van der Waals surface area (Å²) >= 11 is 4.45. The first-order chi connectivity index (χ1) is 9.28. The quantitative estimate of drug-likeness (QED) is 0.760. The zero-order chi connectivity index (χ0) is 15.2. The molecule has 0 fully saturated rings. The van der Waals surface area contributed by atoms with Crippen molar-refractivity contribution in [2.45, 2.75) is 38.0 Å². The lowest BCUT2D eigenvalue weighted by atomic mass is 10.1. The van der Waals surface area contributed by atoms with Crippen LogP contribution in [0.25, 0.3) is 0 Å². The fourth-order valence-electron chi connectivity index (χ4n) is 1.88. The Morgan fingerprint density at radius 3 is 2.30 bits per heavy atom. The van der Waals surface area contributed by atoms with Gasteiger partial charge in [0.1, 0.15) is 0 Å². The van der Waals surface area contributed by atoms with Gasteiger partial charge in [0.15, 0.2) is 0 Å². The average molecular weight is 295 g/mol. The number of amides is 1. The van der Waals surface area contributed by atoms with Crippen molar-refractivity contribution in [2.75, 3.05) is 6.54 Å². The number of carboxylic acids is 1. The van der Waals surface area contributed by atoms with Gasteiger partial charge in [-0.05, 0) is 19.4 Å². The molecule has 5 heteroatoms. The molecule has 0 unspecified atom stereocenters. The number of hydrogen-bond acceptors (Lipinski definition) is 3. The Kier molecular flexibility index (Phi) is 6.07. The molecule has 0 atom stereocenters. The van der Waals surface area contributed by atoms with Gasteiger partial charge in [-0.3, -0.25) is 9.59 Å². The smallest absolute Gasteiger partial charge is 0.303 e. The van der Waals surface area contributed by atoms with Crippen molar-refractivity contribution in [3.63, 3.8) is 0 Å². The predicted octanol–water partition coefficient (Wildman–Crippen LogP) is 2.59. The topological polar surface area (TPSA) is 57.6 Å². The number of rotatable bonds is 7. The highest BCUT2D eigenvalue weighted by Crippen LogP contribution is 2.17. The van der Waals surface area contributed by atoms with Crippen LogP contribution in [-0.4, -0.2) is 33.2 Å². The summed E-state index contributed by atoms with van der Waals surface area (Å²) in [6.45, 7) is 4.81. The Balaban J connectivity index is 2.74. The molecule has 0 aliphatic carbocycles. The molecule has 0 saturated carbocycles. The summed E-state index contributed by atoms with van der Waals surface area (Å²) in [5.41, 5.74) is 1.02. The molecule has 0 spiro atoms. The van der Waals surface area contributed by atoms with Crippen LogP contribution in [0.4, 0.5) is 0 Å². The first kappa shape index (κ1) is 16.6. The molecule has 0 aliphatic heterocycles. The zero-order valence-electron chi connectivity index (χ0n) is 11.9. The van der Waals surface area contributed by atoms with Gasteiger partial charge in [0, 0.05) is 24.3 Å². The van der Waals surface area contributed by atoms with E-state index in [1.165, 1.54) is 0 Å². The second-order valence-corrected chi connectivity index (χ2v) is 6.65. The van der Waals surface area contributed by atoms with E-state index in [-0.39, 0.29) is 23.5 Å². The van der Waals surface area contributed by atoms with Crippen LogP contribution in [0.15, 0.2) is 30.3 Å². The molecule has 0 radical (unpaired) electrons. The van der Waals surface area contributed by atoms with Gasteiger partial charge in [0.05, 0.1) is 6.42 Å². The van der Waals surface area contributed by atoms with Crippen LogP contribution in [0.2, 0.25) is 0 Å². The molecule has 20 heavy (non-hydrogen) atoms. The van der Waals surface area contributed by atoms with E-state index in [2.05, 4.69) is 12.6 Å². The first-order valence-corrected chi connectivity index (χ1v) is 6.98. The minimum Gasteiger partial charge on any atom is -0.481 e. The third-order valence-corrected chi connectivity index (χ3v) is 2.84. The molecule has 1 N–H and O–H groups in total. The van der Waals surface area contributed by atoms with Crippen LogP contribution in [0, 0.1) is 0 Å². The fourth-order valence-corrected chi connectivity index (χ4v) is 2.05. The normalized spacial score (nSPS) is 11.2. The van der Waals surface area contributed by atoms with Crippen molar-refractivity contribution in [1.82, 2.24) is 4.90 Å². The van der Waals surface area contributed by atoms with Crippen molar-refractivity contribution in [3.05, 3.63) is 35.9 Å². The SMILES string of the molecule is CC(C)(S)CN(Cc1ccccc1)C(=O)CCC(=O)O. The number of carbonyl (C=O) groups is 2. The third-order valence-electron chi connectivity index (χ3n) is 2.70. The van der Waals surface area contributed by atoms with E-state index in [1.807, 2.05) is 44.2 Å². The lowest BCUT2D eigenvalue weighted by Crippen LogP contribution is -2.39. The summed E-state index contributed by atoms with van der Waals surface area (Å²) in [4.78, 5) is 24.4. The van der Waals surface area contributed by atoms with Crippen LogP contribution in [0.1, 0.15) is 32.3 Å². The molecule has 0 heterocycles. The minimum atomic E-state index is -0.955. The van der Waals surface area contributed by atoms with Crippen molar-refractivity contribution < 1.29 is 14.7 Å². The lowest BCUT2D eigenvalue weighted by molar-refractivity contribution is -0.141. The van der Waals surface area contributed by atoms with Gasteiger partial charge in [-0.15, -0.1) is 0 Å². The Morgan fingerprint density at radius 2 is 1.80 bits per heavy atom. The molecule has 1 amide bonds. The molecule has 1 rings (SSSR count). The summed E-state index contributed by atoms with van der Waals surface area (Å²) in [6, 6.07) is 9.65. The van der Waals surface area contributed by atoms with E-state index in [1.54, 1.807) is 4.90 Å². The number of aliphatic carboxylic acids is 1. The van der Waals surface area contributed by atoms with Crippen molar-refractivity contribution >= 4 is 24.5 Å². The van der Waals surface area contributed by atoms with Crippen molar-refractivity contribution in [2.24, 2.45) is 0 Å². The van der Waals surface area contributed by atoms with Gasteiger partial charge in [0.25, 0.3) is 0 Å². The molecule has 1 aromatic carbocycles. The van der Waals surface area contributed by atoms with Crippen LogP contribution < -0.4 is 0 Å². The Hall–Kier alpha value is -1.49. The lowest BCUT2D eigenvalue weighted by Gasteiger charge is -2.29. The number of nitrogens with zero attached hydrogens (tertiary/aromatic N) is 1. The molecule has 110 valence electrons. The second-order valence-electron chi connectivity index (χ2n) is 5.44. The Morgan fingerprint density at radius 1 is 1.20 bits per heavy atom. The van der Waals surface area contributed by atoms with Gasteiger partial charge >= 0.3 is 5.97 Å². The zero-order valence-corrected chi connectivity index (χ0v) is 12.8. The standard InChI is InChI=1S/C15H21NO3S/c1-15(2,20)11-16(13(17)8-9-14(18)19)10-12-6-4-3-5-7-12/h3-7,20H,8-11H2,1-2H3,(H,18,19). The van der Waals surface area contributed by atoms with E-state index in [0.29, 0.717) is 13.1 Å². The molecule has 0 saturated heterocycles. The van der Waals surface area contributed by atoms with Crippen molar-refractivity contribution in [1.29, 1.82) is 0 Å². The van der Waals surface area contributed by atoms with E-state index < -0.39 is 5.97 Å². The van der Waals surface area contributed by atoms with Crippen molar-refractivity contribution in [3.8, 4) is 0 Å². The number of carbonyl (C=O) groups excluding carboxylic acids is 1. The van der Waals surface area contributed by atoms with E-state index in [9.17, 15) is 9.59 Å². The van der Waals surface area contributed by atoms with Gasteiger partial charge in [-0.25, -0.2) is 0 Å². The van der Waals surface area contributed by atoms with Crippen LogP contribution in [0.3, 0.4) is 0 Å². The molecule has 0 bridgehead atoms. The molecule has 1 aromatic rings. The number of hydrogen-bond donors (Lipinski definition) is 2. The van der Waals surface area contributed by atoms with Gasteiger partial charge in [-0.2, -0.15) is 12.6 Å². The molecule has 0 aliphatic rings. The maximum atomic E-state index is 12.2. The van der Waals surface area contributed by atoms with Gasteiger partial charge < -0.3 is 10.0 Å². The highest BCUT2D eigenvalue weighted by atomic mass is 32.1. The summed E-state index contributed by atoms with van der Waals surface area (Å²) in [5, 5.41) is 8.68. The maximum Gasteiger partial charge on any atom is 0.303 e. The average Bonchev–Trinajstić information content (AvgIpc) is 2.34. The second kappa shape index (κ2) is 7.33. The van der Waals surface area contributed by atoms with Crippen LogP contribution in [0.5, 0.6) is 0 Å². The molecular formula is C15H21NO3S. The Bertz CT molecular complexity index is 454. The van der Waals surface area contributed by atoms with E-state index in [4.69, 9.17) is 5.11 Å². The van der Waals surface area contributed by atoms with Gasteiger partial charge in [0.2, 0.25) is 5.91 Å². The summed E-state index contributed by atoms with van der Waals surface area (Å²) in [7, 11) is 0. The Labute approximate surface area is 125 Å². The van der Waals surface area contributed by atoms with Crippen LogP contribution >= 0.6 is 12.6 Å². The minimum absolute atomic E-state index is 0.0199. The van der Waals surface area contributed by atoms with E-state index >= 15 is 0 Å². The summed E-state index contributed by atoms with van der Waals surface area (Å²) < 4.78 is -0.326. The van der Waals surface area contributed by atoms with E-state index in [0.717, 1.165) is 5.56 Å². The van der Waals surface area contributed by atoms with Crippen LogP contribution in [-0.2, 0) is 16.1 Å². The first-order valence-electron chi connectivity index (χ1n) is 6.54. The number of benzene rings is 1. The maximum absolute atomic E-state index is 12.2. The summed E-state index contributed by atoms with van der Waals surface area (Å²) in [6.07, 6.45) is -0.122. The predicted molar refractivity (Wildman–Crippen MR) is 81.8 cm³/mol. The summed E-state index contributed by atoms with van der Waals surface area (Å²) in [5.74, 6) is -1.11. The highest BCUT2D eigenvalue weighted by molar-refractivity contribution is 7.81. The highest BCUT2D eigenvalue weighted by Gasteiger charge is 2.22. The molecule has 4 nitrogen and oxygen atoms in total. The number of carboxylic acid groups (broad SMARTS) is 1. The monoisotopic (exact) mass is 295 g/mol. The third kappa shape index (κ3) is 6.61. The molecular weight excluding hydrogens is 274 g/mol. The largest absolute Gasteiger partial charge is 0.481 e. The fraction of sp³-hybridized carbons (Fsp3) is 0.467. The molecule has 0 aromatic heterocycles. The van der Waals surface area contributed by atoms with Gasteiger partial charge in [-0.1, -0.05) is 30.3 Å². The number of thiol groups is 1.